The minimum Gasteiger partial charge on any atom is -0.465 e. The average Bonchev–Trinajstić information content (AvgIpc) is 2.74. The number of nitrogens with zero attached hydrogens (tertiary/aromatic N) is 2. The number of rotatable bonds is 5. The zero-order valence-electron chi connectivity index (χ0n) is 15.0. The Hall–Kier alpha value is -4.18. The largest absolute Gasteiger partial charge is 0.465 e. The van der Waals surface area contributed by atoms with Crippen molar-refractivity contribution >= 4 is 28.9 Å². The number of methoxy groups -OCH3 is 1. The molecule has 3 aromatic rings. The average molecular weight is 372 g/mol. The van der Waals surface area contributed by atoms with Crippen LogP contribution in [0.15, 0.2) is 66.9 Å². The summed E-state index contributed by atoms with van der Waals surface area (Å²) in [6.07, 6.45) is 1.50. The topological polar surface area (TPSA) is 104 Å². The number of nitriles is 1. The first-order chi connectivity index (χ1) is 13.6. The lowest BCUT2D eigenvalue weighted by Crippen LogP contribution is -2.13. The highest BCUT2D eigenvalue weighted by Crippen LogP contribution is 2.21. The van der Waals surface area contributed by atoms with E-state index in [0.29, 0.717) is 28.2 Å². The van der Waals surface area contributed by atoms with Crippen molar-refractivity contribution in [1.82, 2.24) is 4.98 Å². The van der Waals surface area contributed by atoms with Crippen LogP contribution in [0.1, 0.15) is 26.4 Å². The lowest BCUT2D eigenvalue weighted by Gasteiger charge is -2.11. The number of hydrogen-bond acceptors (Lipinski definition) is 6. The molecule has 3 rings (SSSR count). The molecule has 7 nitrogen and oxygen atoms in total. The van der Waals surface area contributed by atoms with Gasteiger partial charge in [0.25, 0.3) is 5.91 Å². The smallest absolute Gasteiger partial charge is 0.339 e. The summed E-state index contributed by atoms with van der Waals surface area (Å²) in [5, 5.41) is 14.6. The number of para-hydroxylation sites is 1. The Morgan fingerprint density at radius 3 is 2.36 bits per heavy atom. The van der Waals surface area contributed by atoms with E-state index in [-0.39, 0.29) is 11.6 Å². The molecule has 0 saturated heterocycles. The number of aromatic nitrogens is 1. The van der Waals surface area contributed by atoms with E-state index >= 15 is 0 Å². The lowest BCUT2D eigenvalue weighted by molar-refractivity contribution is 0.0601. The second-order valence-corrected chi connectivity index (χ2v) is 5.74. The van der Waals surface area contributed by atoms with E-state index in [0.717, 1.165) is 0 Å². The maximum absolute atomic E-state index is 12.3. The number of esters is 1. The van der Waals surface area contributed by atoms with Crippen molar-refractivity contribution in [2.24, 2.45) is 0 Å². The number of benzene rings is 2. The van der Waals surface area contributed by atoms with Crippen molar-refractivity contribution in [2.75, 3.05) is 17.7 Å². The molecule has 0 spiro atoms. The van der Waals surface area contributed by atoms with Crippen LogP contribution in [0, 0.1) is 11.3 Å². The number of carbonyl (C=O) groups excluding carboxylic acids is 2. The third kappa shape index (κ3) is 4.31. The van der Waals surface area contributed by atoms with Gasteiger partial charge in [-0.15, -0.1) is 0 Å². The van der Waals surface area contributed by atoms with E-state index < -0.39 is 5.97 Å². The molecule has 2 aromatic carbocycles. The fraction of sp³-hybridized carbons (Fsp3) is 0.0476. The van der Waals surface area contributed by atoms with Crippen molar-refractivity contribution in [3.05, 3.63) is 83.7 Å². The monoisotopic (exact) mass is 372 g/mol. The summed E-state index contributed by atoms with van der Waals surface area (Å²) < 4.78 is 4.77. The first-order valence-corrected chi connectivity index (χ1v) is 8.32. The van der Waals surface area contributed by atoms with Crippen molar-refractivity contribution in [2.45, 2.75) is 0 Å². The van der Waals surface area contributed by atoms with Gasteiger partial charge < -0.3 is 15.4 Å². The lowest BCUT2D eigenvalue weighted by atomic mass is 10.1. The van der Waals surface area contributed by atoms with E-state index in [1.54, 1.807) is 60.7 Å². The van der Waals surface area contributed by atoms with Crippen LogP contribution in [0.3, 0.4) is 0 Å². The zero-order chi connectivity index (χ0) is 19.9. The molecule has 0 bridgehead atoms. The Bertz CT molecular complexity index is 1040. The number of anilines is 3. The van der Waals surface area contributed by atoms with E-state index in [1.807, 2.05) is 6.07 Å². The van der Waals surface area contributed by atoms with Crippen molar-refractivity contribution in [3.63, 3.8) is 0 Å². The molecule has 138 valence electrons. The first kappa shape index (κ1) is 18.6. The molecule has 0 unspecified atom stereocenters. The summed E-state index contributed by atoms with van der Waals surface area (Å²) in [7, 11) is 1.32. The first-order valence-electron chi connectivity index (χ1n) is 8.32. The van der Waals surface area contributed by atoms with Crippen molar-refractivity contribution < 1.29 is 14.3 Å². The maximum atomic E-state index is 12.3. The Kier molecular flexibility index (Phi) is 5.63. The molecule has 0 radical (unpaired) electrons. The van der Waals surface area contributed by atoms with E-state index in [2.05, 4.69) is 15.6 Å². The number of nitrogens with one attached hydrogen (secondary N) is 2. The zero-order valence-corrected chi connectivity index (χ0v) is 15.0. The molecule has 0 aliphatic carbocycles. The van der Waals surface area contributed by atoms with Gasteiger partial charge >= 0.3 is 5.97 Å². The molecule has 1 heterocycles. The van der Waals surface area contributed by atoms with Crippen LogP contribution in [0.25, 0.3) is 0 Å². The molecule has 28 heavy (non-hydrogen) atoms. The molecule has 1 amide bonds. The Morgan fingerprint density at radius 1 is 1.00 bits per heavy atom. The number of ether oxygens (including phenoxy) is 1. The molecular formula is C21H16N4O3. The molecule has 0 aliphatic rings. The van der Waals surface area contributed by atoms with Crippen LogP contribution in [0.5, 0.6) is 0 Å². The van der Waals surface area contributed by atoms with Gasteiger partial charge in [-0.3, -0.25) is 4.79 Å². The maximum Gasteiger partial charge on any atom is 0.339 e. The Balaban J connectivity index is 1.70. The molecule has 1 aromatic heterocycles. The SMILES string of the molecule is COC(=O)c1ccccc1Nc1ccc(C(=O)Nc2ccc(C#N)cc2)nc1. The summed E-state index contributed by atoms with van der Waals surface area (Å²) in [6.45, 7) is 0. The van der Waals surface area contributed by atoms with E-state index in [4.69, 9.17) is 10.00 Å². The molecule has 0 fully saturated rings. The van der Waals surface area contributed by atoms with Gasteiger partial charge in [-0.05, 0) is 48.5 Å². The third-order valence-corrected chi connectivity index (χ3v) is 3.88. The predicted octanol–water partition coefficient (Wildman–Crippen LogP) is 3.74. The quantitative estimate of drug-likeness (QED) is 0.661. The molecule has 0 aliphatic heterocycles. The van der Waals surface area contributed by atoms with Crippen molar-refractivity contribution in [3.8, 4) is 6.07 Å². The van der Waals surface area contributed by atoms with Gasteiger partial charge in [0.1, 0.15) is 5.69 Å². The second kappa shape index (κ2) is 8.47. The summed E-state index contributed by atoms with van der Waals surface area (Å²) >= 11 is 0. The van der Waals surface area contributed by atoms with Gasteiger partial charge in [0.15, 0.2) is 0 Å². The summed E-state index contributed by atoms with van der Waals surface area (Å²) in [5.41, 5.74) is 2.90. The predicted molar refractivity (Wildman–Crippen MR) is 104 cm³/mol. The van der Waals surface area contributed by atoms with Crippen LogP contribution in [-0.4, -0.2) is 24.0 Å². The molecular weight excluding hydrogens is 356 g/mol. The number of hydrogen-bond donors (Lipinski definition) is 2. The number of carbonyl (C=O) groups is 2. The minimum atomic E-state index is -0.450. The highest BCUT2D eigenvalue weighted by Gasteiger charge is 2.12. The number of pyridine rings is 1. The Morgan fingerprint density at radius 2 is 1.71 bits per heavy atom. The van der Waals surface area contributed by atoms with Gasteiger partial charge in [-0.1, -0.05) is 12.1 Å². The van der Waals surface area contributed by atoms with Crippen LogP contribution in [0.4, 0.5) is 17.1 Å². The van der Waals surface area contributed by atoms with Gasteiger partial charge in [-0.2, -0.15) is 5.26 Å². The molecule has 7 heteroatoms. The summed E-state index contributed by atoms with van der Waals surface area (Å²) in [5.74, 6) is -0.819. The van der Waals surface area contributed by atoms with Gasteiger partial charge in [0.05, 0.1) is 41.9 Å². The highest BCUT2D eigenvalue weighted by atomic mass is 16.5. The summed E-state index contributed by atoms with van der Waals surface area (Å²) in [6, 6.07) is 18.8. The highest BCUT2D eigenvalue weighted by molar-refractivity contribution is 6.03. The normalized spacial score (nSPS) is 9.86. The van der Waals surface area contributed by atoms with Gasteiger partial charge in [0, 0.05) is 5.69 Å². The molecule has 0 atom stereocenters. The molecule has 2 N–H and O–H groups in total. The fourth-order valence-electron chi connectivity index (χ4n) is 2.46. The molecule has 0 saturated carbocycles. The van der Waals surface area contributed by atoms with E-state index in [1.165, 1.54) is 13.3 Å². The second-order valence-electron chi connectivity index (χ2n) is 5.74. The minimum absolute atomic E-state index is 0.233. The van der Waals surface area contributed by atoms with E-state index in [9.17, 15) is 9.59 Å². The van der Waals surface area contributed by atoms with Crippen LogP contribution >= 0.6 is 0 Å². The van der Waals surface area contributed by atoms with Crippen LogP contribution < -0.4 is 10.6 Å². The van der Waals surface area contributed by atoms with Gasteiger partial charge in [-0.25, -0.2) is 9.78 Å². The summed E-state index contributed by atoms with van der Waals surface area (Å²) in [4.78, 5) is 28.3. The number of amides is 1. The van der Waals surface area contributed by atoms with Crippen LogP contribution in [-0.2, 0) is 4.74 Å². The fourth-order valence-corrected chi connectivity index (χ4v) is 2.46. The van der Waals surface area contributed by atoms with Crippen LogP contribution in [0.2, 0.25) is 0 Å². The Labute approximate surface area is 161 Å². The van der Waals surface area contributed by atoms with Gasteiger partial charge in [0.2, 0.25) is 0 Å². The van der Waals surface area contributed by atoms with Crippen molar-refractivity contribution in [1.29, 1.82) is 5.26 Å². The standard InChI is InChI=1S/C21H16N4O3/c1-28-21(27)17-4-2-3-5-18(17)24-16-10-11-19(23-13-16)20(26)25-15-8-6-14(12-22)7-9-15/h2-11,13,24H,1H3,(H,25,26). The third-order valence-electron chi connectivity index (χ3n) is 3.88.